The predicted octanol–water partition coefficient (Wildman–Crippen LogP) is 5.44. The minimum atomic E-state index is -0.333. The number of ether oxygens (including phenoxy) is 2. The summed E-state index contributed by atoms with van der Waals surface area (Å²) < 4.78 is 10.4. The van der Waals surface area contributed by atoms with Crippen molar-refractivity contribution in [3.05, 3.63) is 95.2 Å². The number of rotatable bonds is 6. The molecule has 0 saturated heterocycles. The van der Waals surface area contributed by atoms with E-state index >= 15 is 0 Å². The molecule has 0 aliphatic carbocycles. The van der Waals surface area contributed by atoms with Crippen molar-refractivity contribution in [2.45, 2.75) is 6.04 Å². The van der Waals surface area contributed by atoms with Crippen LogP contribution < -0.4 is 19.7 Å². The minimum Gasteiger partial charge on any atom is -0.497 e. The molecule has 1 amide bonds. The summed E-state index contributed by atoms with van der Waals surface area (Å²) in [5.74, 6) is 1.34. The Morgan fingerprint density at radius 3 is 2.07 bits per heavy atom. The number of nitrogens with one attached hydrogen (secondary N) is 1. The molecule has 3 aromatic rings. The van der Waals surface area contributed by atoms with E-state index in [1.807, 2.05) is 78.9 Å². The number of halogens is 1. The van der Waals surface area contributed by atoms with Gasteiger partial charge in [0.1, 0.15) is 17.2 Å². The van der Waals surface area contributed by atoms with Crippen molar-refractivity contribution < 1.29 is 14.3 Å². The van der Waals surface area contributed by atoms with E-state index in [0.29, 0.717) is 10.7 Å². The highest BCUT2D eigenvalue weighted by molar-refractivity contribution is 6.31. The Bertz CT molecular complexity index is 1080. The van der Waals surface area contributed by atoms with Crippen LogP contribution in [-0.2, 0) is 4.79 Å². The summed E-state index contributed by atoms with van der Waals surface area (Å²) in [6.07, 6.45) is 1.90. The van der Waals surface area contributed by atoms with Crippen LogP contribution in [0, 0.1) is 0 Å². The molecule has 0 radical (unpaired) electrons. The van der Waals surface area contributed by atoms with Crippen molar-refractivity contribution in [3.8, 4) is 11.5 Å². The molecule has 1 atom stereocenters. The smallest absolute Gasteiger partial charge is 0.275 e. The lowest BCUT2D eigenvalue weighted by atomic mass is 10.1. The number of nitrogens with zero attached hydrogens (tertiary/aromatic N) is 1. The van der Waals surface area contributed by atoms with Crippen molar-refractivity contribution in [2.75, 3.05) is 24.4 Å². The molecule has 0 fully saturated rings. The van der Waals surface area contributed by atoms with Gasteiger partial charge >= 0.3 is 0 Å². The topological polar surface area (TPSA) is 50.8 Å². The predicted molar refractivity (Wildman–Crippen MR) is 119 cm³/mol. The van der Waals surface area contributed by atoms with Crippen LogP contribution in [0.5, 0.6) is 11.5 Å². The molecule has 152 valence electrons. The Labute approximate surface area is 180 Å². The molecular weight excluding hydrogens is 400 g/mol. The first kappa shape index (κ1) is 19.9. The van der Waals surface area contributed by atoms with Crippen LogP contribution in [0.2, 0.25) is 5.02 Å². The molecule has 0 aromatic heterocycles. The van der Waals surface area contributed by atoms with E-state index < -0.39 is 0 Å². The van der Waals surface area contributed by atoms with Crippen molar-refractivity contribution in [1.29, 1.82) is 0 Å². The zero-order valence-corrected chi connectivity index (χ0v) is 17.4. The standard InChI is InChI=1S/C24H21ClN2O3/c1-29-18-11-7-16(8-12-18)26-22-15-23(20-5-3-4-6-21(20)25)27(24(22)28)17-9-13-19(30-2)14-10-17/h3-15,23,26H,1-2H3/t23-/m1/s1. The average Bonchev–Trinajstić information content (AvgIpc) is 3.10. The zero-order valence-electron chi connectivity index (χ0n) is 16.6. The summed E-state index contributed by atoms with van der Waals surface area (Å²) in [5, 5.41) is 3.84. The fourth-order valence-corrected chi connectivity index (χ4v) is 3.70. The van der Waals surface area contributed by atoms with E-state index in [4.69, 9.17) is 21.1 Å². The lowest BCUT2D eigenvalue weighted by Crippen LogP contribution is -2.30. The number of amides is 1. The van der Waals surface area contributed by atoms with E-state index in [2.05, 4.69) is 5.32 Å². The third kappa shape index (κ3) is 3.84. The van der Waals surface area contributed by atoms with E-state index in [9.17, 15) is 4.79 Å². The largest absolute Gasteiger partial charge is 0.497 e. The summed E-state index contributed by atoms with van der Waals surface area (Å²) in [7, 11) is 3.23. The maximum absolute atomic E-state index is 13.4. The number of benzene rings is 3. The molecule has 0 saturated carbocycles. The van der Waals surface area contributed by atoms with Gasteiger partial charge in [0, 0.05) is 16.4 Å². The van der Waals surface area contributed by atoms with Gasteiger partial charge in [-0.2, -0.15) is 0 Å². The van der Waals surface area contributed by atoms with Crippen LogP contribution in [0.25, 0.3) is 0 Å². The van der Waals surface area contributed by atoms with E-state index in [0.717, 1.165) is 28.4 Å². The lowest BCUT2D eigenvalue weighted by Gasteiger charge is -2.26. The van der Waals surface area contributed by atoms with Crippen LogP contribution in [0.1, 0.15) is 11.6 Å². The minimum absolute atomic E-state index is 0.138. The van der Waals surface area contributed by atoms with Gasteiger partial charge in [0.25, 0.3) is 5.91 Å². The Morgan fingerprint density at radius 2 is 1.47 bits per heavy atom. The highest BCUT2D eigenvalue weighted by Crippen LogP contribution is 2.39. The number of carbonyl (C=O) groups is 1. The third-order valence-corrected chi connectivity index (χ3v) is 5.34. The van der Waals surface area contributed by atoms with E-state index in [-0.39, 0.29) is 11.9 Å². The molecule has 4 rings (SSSR count). The SMILES string of the molecule is COc1ccc(NC2=C[C@H](c3ccccc3Cl)N(c3ccc(OC)cc3)C2=O)cc1. The first-order chi connectivity index (χ1) is 14.6. The molecular formula is C24H21ClN2O3. The summed E-state index contributed by atoms with van der Waals surface area (Å²) >= 11 is 6.47. The summed E-state index contributed by atoms with van der Waals surface area (Å²) in [5.41, 5.74) is 2.90. The first-order valence-electron chi connectivity index (χ1n) is 9.45. The normalized spacial score (nSPS) is 15.7. The molecule has 0 bridgehead atoms. The third-order valence-electron chi connectivity index (χ3n) is 5.00. The van der Waals surface area contributed by atoms with Crippen LogP contribution in [-0.4, -0.2) is 20.1 Å². The summed E-state index contributed by atoms with van der Waals surface area (Å²) in [6.45, 7) is 0. The lowest BCUT2D eigenvalue weighted by molar-refractivity contribution is -0.114. The Kier molecular flexibility index (Phi) is 5.63. The van der Waals surface area contributed by atoms with E-state index in [1.54, 1.807) is 19.1 Å². The molecule has 1 aliphatic heterocycles. The van der Waals surface area contributed by atoms with Crippen molar-refractivity contribution in [2.24, 2.45) is 0 Å². The molecule has 5 nitrogen and oxygen atoms in total. The van der Waals surface area contributed by atoms with Crippen molar-refractivity contribution in [3.63, 3.8) is 0 Å². The van der Waals surface area contributed by atoms with E-state index in [1.165, 1.54) is 0 Å². The van der Waals surface area contributed by atoms with Gasteiger partial charge in [-0.15, -0.1) is 0 Å². The molecule has 0 unspecified atom stereocenters. The Balaban J connectivity index is 1.71. The number of hydrogen-bond donors (Lipinski definition) is 1. The van der Waals surface area contributed by atoms with Crippen molar-refractivity contribution >= 4 is 28.9 Å². The Morgan fingerprint density at radius 1 is 0.867 bits per heavy atom. The number of carbonyl (C=O) groups excluding carboxylic acids is 1. The molecule has 30 heavy (non-hydrogen) atoms. The second-order valence-electron chi connectivity index (χ2n) is 6.77. The maximum Gasteiger partial charge on any atom is 0.275 e. The summed E-state index contributed by atoms with van der Waals surface area (Å²) in [4.78, 5) is 15.1. The molecule has 1 N–H and O–H groups in total. The van der Waals surface area contributed by atoms with Gasteiger partial charge in [0.15, 0.2) is 0 Å². The first-order valence-corrected chi connectivity index (χ1v) is 9.83. The Hall–Kier alpha value is -3.44. The number of methoxy groups -OCH3 is 2. The van der Waals surface area contributed by atoms with Gasteiger partial charge in [-0.3, -0.25) is 9.69 Å². The quantitative estimate of drug-likeness (QED) is 0.576. The van der Waals surface area contributed by atoms with Gasteiger partial charge in [-0.25, -0.2) is 0 Å². The number of hydrogen-bond acceptors (Lipinski definition) is 4. The molecule has 6 heteroatoms. The molecule has 1 heterocycles. The van der Waals surface area contributed by atoms with Crippen LogP contribution in [0.4, 0.5) is 11.4 Å². The fraction of sp³-hybridized carbons (Fsp3) is 0.125. The fourth-order valence-electron chi connectivity index (χ4n) is 3.45. The zero-order chi connectivity index (χ0) is 21.1. The molecule has 3 aromatic carbocycles. The summed E-state index contributed by atoms with van der Waals surface area (Å²) in [6, 6.07) is 22.0. The van der Waals surface area contributed by atoms with Crippen LogP contribution in [0.15, 0.2) is 84.6 Å². The monoisotopic (exact) mass is 420 g/mol. The van der Waals surface area contributed by atoms with Crippen LogP contribution in [0.3, 0.4) is 0 Å². The second kappa shape index (κ2) is 8.51. The maximum atomic E-state index is 13.4. The van der Waals surface area contributed by atoms with Gasteiger partial charge in [-0.1, -0.05) is 29.8 Å². The van der Waals surface area contributed by atoms with Gasteiger partial charge in [0.2, 0.25) is 0 Å². The van der Waals surface area contributed by atoms with Gasteiger partial charge in [-0.05, 0) is 66.2 Å². The molecule has 1 aliphatic rings. The molecule has 0 spiro atoms. The highest BCUT2D eigenvalue weighted by Gasteiger charge is 2.35. The van der Waals surface area contributed by atoms with Crippen molar-refractivity contribution in [1.82, 2.24) is 0 Å². The second-order valence-corrected chi connectivity index (χ2v) is 7.18. The number of anilines is 2. The van der Waals surface area contributed by atoms with Gasteiger partial charge in [0.05, 0.1) is 20.3 Å². The highest BCUT2D eigenvalue weighted by atomic mass is 35.5. The van der Waals surface area contributed by atoms with Crippen LogP contribution >= 0.6 is 11.6 Å². The average molecular weight is 421 g/mol. The van der Waals surface area contributed by atoms with Gasteiger partial charge < -0.3 is 14.8 Å².